The summed E-state index contributed by atoms with van der Waals surface area (Å²) in [6, 6.07) is 5.59. The summed E-state index contributed by atoms with van der Waals surface area (Å²) >= 11 is 0. The minimum Gasteiger partial charge on any atom is -0.370 e. The number of nitrogens with one attached hydrogen (secondary N) is 2. The van der Waals surface area contributed by atoms with E-state index in [1.807, 2.05) is 18.2 Å². The van der Waals surface area contributed by atoms with Gasteiger partial charge in [0.2, 0.25) is 0 Å². The molecular formula is C22H28N4O2. The molecule has 0 aliphatic carbocycles. The first-order valence-electron chi connectivity index (χ1n) is 10.3. The van der Waals surface area contributed by atoms with Gasteiger partial charge in [0, 0.05) is 43.6 Å². The number of hydrogen-bond acceptors (Lipinski definition) is 4. The molecule has 28 heavy (non-hydrogen) atoms. The van der Waals surface area contributed by atoms with E-state index in [0.29, 0.717) is 30.0 Å². The molecular weight excluding hydrogens is 352 g/mol. The van der Waals surface area contributed by atoms with Crippen LogP contribution in [0.5, 0.6) is 0 Å². The monoisotopic (exact) mass is 380 g/mol. The maximum atomic E-state index is 12.7. The van der Waals surface area contributed by atoms with Crippen molar-refractivity contribution >= 4 is 16.9 Å². The highest BCUT2D eigenvalue weighted by Crippen LogP contribution is 2.54. The third-order valence-corrected chi connectivity index (χ3v) is 6.79. The Labute approximate surface area is 165 Å². The van der Waals surface area contributed by atoms with Crippen LogP contribution in [0.4, 0.5) is 0 Å². The molecule has 6 heteroatoms. The largest absolute Gasteiger partial charge is 0.370 e. The molecule has 4 atom stereocenters. The number of fused-ring (bicyclic) bond motifs is 2. The molecule has 6 nitrogen and oxygen atoms in total. The zero-order chi connectivity index (χ0) is 19.3. The lowest BCUT2D eigenvalue weighted by atomic mass is 9.73. The Morgan fingerprint density at radius 1 is 1.46 bits per heavy atom. The number of aromatic nitrogens is 2. The summed E-state index contributed by atoms with van der Waals surface area (Å²) in [6.07, 6.45) is 6.53. The summed E-state index contributed by atoms with van der Waals surface area (Å²) < 4.78 is 6.49. The SMILES string of the molecule is CC(C)=CCN1C[C@@H]2[C@H](CNC(=O)c3ccc4nc[nH]c4c3)[C@H]3CC[C@]2(C1)O3. The van der Waals surface area contributed by atoms with E-state index in [0.717, 1.165) is 43.5 Å². The number of amides is 1. The van der Waals surface area contributed by atoms with Gasteiger partial charge in [-0.15, -0.1) is 0 Å². The Morgan fingerprint density at radius 2 is 2.36 bits per heavy atom. The van der Waals surface area contributed by atoms with Crippen LogP contribution >= 0.6 is 0 Å². The second-order valence-electron chi connectivity index (χ2n) is 8.85. The van der Waals surface area contributed by atoms with Gasteiger partial charge in [0.1, 0.15) is 0 Å². The van der Waals surface area contributed by atoms with Gasteiger partial charge >= 0.3 is 0 Å². The molecule has 0 radical (unpaired) electrons. The van der Waals surface area contributed by atoms with Crippen molar-refractivity contribution < 1.29 is 9.53 Å². The number of H-pyrrole nitrogens is 1. The lowest BCUT2D eigenvalue weighted by Gasteiger charge is -2.29. The van der Waals surface area contributed by atoms with E-state index in [2.05, 4.69) is 40.1 Å². The van der Waals surface area contributed by atoms with Crippen LogP contribution in [-0.4, -0.2) is 58.7 Å². The van der Waals surface area contributed by atoms with Gasteiger partial charge in [-0.05, 0) is 44.9 Å². The first-order valence-corrected chi connectivity index (χ1v) is 10.3. The van der Waals surface area contributed by atoms with Crippen molar-refractivity contribution in [1.82, 2.24) is 20.2 Å². The minimum atomic E-state index is -0.0206. The Kier molecular flexibility index (Phi) is 4.29. The van der Waals surface area contributed by atoms with E-state index >= 15 is 0 Å². The lowest BCUT2D eigenvalue weighted by molar-refractivity contribution is 0.00364. The van der Waals surface area contributed by atoms with Crippen LogP contribution in [0.25, 0.3) is 11.0 Å². The average molecular weight is 380 g/mol. The van der Waals surface area contributed by atoms with E-state index in [1.165, 1.54) is 5.57 Å². The average Bonchev–Trinajstić information content (AvgIpc) is 3.43. The molecule has 3 aliphatic rings. The highest BCUT2D eigenvalue weighted by atomic mass is 16.5. The van der Waals surface area contributed by atoms with Crippen LogP contribution in [0.3, 0.4) is 0 Å². The van der Waals surface area contributed by atoms with Crippen LogP contribution in [0.2, 0.25) is 0 Å². The fourth-order valence-electron chi connectivity index (χ4n) is 5.40. The van der Waals surface area contributed by atoms with Crippen LogP contribution in [-0.2, 0) is 4.74 Å². The standard InChI is InChI=1S/C22H28N4O2/c1-14(2)6-8-26-11-17-16(20-5-7-22(17,12-26)28-20)10-23-21(27)15-3-4-18-19(9-15)25-13-24-18/h3-4,6,9,13,16-17,20H,5,7-8,10-12H2,1-2H3,(H,23,27)(H,24,25)/t16-,17+,20+,22+/m0/s1. The van der Waals surface area contributed by atoms with Crippen molar-refractivity contribution in [3.05, 3.63) is 41.7 Å². The number of nitrogens with zero attached hydrogens (tertiary/aromatic N) is 2. The molecule has 3 aliphatic heterocycles. The summed E-state index contributed by atoms with van der Waals surface area (Å²) in [4.78, 5) is 22.5. The Hall–Kier alpha value is -2.18. The summed E-state index contributed by atoms with van der Waals surface area (Å²) in [6.45, 7) is 8.08. The molecule has 0 unspecified atom stereocenters. The summed E-state index contributed by atoms with van der Waals surface area (Å²) in [7, 11) is 0. The molecule has 3 saturated heterocycles. The maximum absolute atomic E-state index is 12.7. The summed E-state index contributed by atoms with van der Waals surface area (Å²) in [5, 5.41) is 3.17. The van der Waals surface area contributed by atoms with E-state index < -0.39 is 0 Å². The number of benzene rings is 1. The van der Waals surface area contributed by atoms with Gasteiger partial charge in [0.05, 0.1) is 29.1 Å². The zero-order valence-electron chi connectivity index (χ0n) is 16.6. The number of aromatic amines is 1. The van der Waals surface area contributed by atoms with Crippen molar-refractivity contribution in [2.24, 2.45) is 11.8 Å². The molecule has 2 N–H and O–H groups in total. The number of ether oxygens (including phenoxy) is 1. The second kappa shape index (κ2) is 6.71. The first kappa shape index (κ1) is 17.9. The normalized spacial score (nSPS) is 31.3. The van der Waals surface area contributed by atoms with Gasteiger partial charge in [-0.2, -0.15) is 0 Å². The van der Waals surface area contributed by atoms with Crippen LogP contribution in [0.1, 0.15) is 37.0 Å². The molecule has 4 heterocycles. The fourth-order valence-corrected chi connectivity index (χ4v) is 5.40. The fraction of sp³-hybridized carbons (Fsp3) is 0.545. The van der Waals surface area contributed by atoms with Gasteiger partial charge in [0.25, 0.3) is 5.91 Å². The van der Waals surface area contributed by atoms with Crippen molar-refractivity contribution in [3.63, 3.8) is 0 Å². The number of carbonyl (C=O) groups excluding carboxylic acids is 1. The third kappa shape index (κ3) is 2.95. The molecule has 1 amide bonds. The number of likely N-dealkylation sites (tertiary alicyclic amines) is 1. The Morgan fingerprint density at radius 3 is 3.21 bits per heavy atom. The quantitative estimate of drug-likeness (QED) is 0.783. The number of allylic oxidation sites excluding steroid dienone is 1. The number of carbonyl (C=O) groups is 1. The number of rotatable bonds is 5. The molecule has 2 bridgehead atoms. The Balaban J connectivity index is 1.25. The van der Waals surface area contributed by atoms with E-state index in [4.69, 9.17) is 4.74 Å². The number of hydrogen-bond donors (Lipinski definition) is 2. The van der Waals surface area contributed by atoms with Crippen LogP contribution < -0.4 is 5.32 Å². The van der Waals surface area contributed by atoms with Crippen molar-refractivity contribution in [2.45, 2.75) is 38.4 Å². The highest BCUT2D eigenvalue weighted by molar-refractivity contribution is 5.97. The topological polar surface area (TPSA) is 70.2 Å². The molecule has 1 aromatic heterocycles. The summed E-state index contributed by atoms with van der Waals surface area (Å²) in [5.74, 6) is 0.908. The first-order chi connectivity index (χ1) is 13.5. The number of imidazole rings is 1. The Bertz CT molecular complexity index is 932. The second-order valence-corrected chi connectivity index (χ2v) is 8.85. The molecule has 1 aromatic carbocycles. The van der Waals surface area contributed by atoms with Gasteiger partial charge < -0.3 is 15.0 Å². The van der Waals surface area contributed by atoms with Gasteiger partial charge in [0.15, 0.2) is 0 Å². The molecule has 2 aromatic rings. The lowest BCUT2D eigenvalue weighted by Crippen LogP contribution is -2.41. The maximum Gasteiger partial charge on any atom is 0.251 e. The van der Waals surface area contributed by atoms with Gasteiger partial charge in [-0.1, -0.05) is 11.6 Å². The molecule has 3 fully saturated rings. The van der Waals surface area contributed by atoms with Crippen molar-refractivity contribution in [1.29, 1.82) is 0 Å². The van der Waals surface area contributed by atoms with Crippen LogP contribution in [0.15, 0.2) is 36.2 Å². The van der Waals surface area contributed by atoms with Crippen molar-refractivity contribution in [3.8, 4) is 0 Å². The third-order valence-electron chi connectivity index (χ3n) is 6.79. The smallest absolute Gasteiger partial charge is 0.251 e. The van der Waals surface area contributed by atoms with Gasteiger partial charge in [-0.3, -0.25) is 9.69 Å². The predicted molar refractivity (Wildman–Crippen MR) is 108 cm³/mol. The molecule has 5 rings (SSSR count). The van der Waals surface area contributed by atoms with Crippen molar-refractivity contribution in [2.75, 3.05) is 26.2 Å². The molecule has 148 valence electrons. The molecule has 1 spiro atoms. The van der Waals surface area contributed by atoms with Crippen LogP contribution in [0, 0.1) is 11.8 Å². The van der Waals surface area contributed by atoms with Gasteiger partial charge in [-0.25, -0.2) is 4.98 Å². The minimum absolute atomic E-state index is 0.0182. The molecule has 0 saturated carbocycles. The van der Waals surface area contributed by atoms with E-state index in [9.17, 15) is 4.79 Å². The highest BCUT2D eigenvalue weighted by Gasteiger charge is 2.62. The van der Waals surface area contributed by atoms with E-state index in [1.54, 1.807) is 6.33 Å². The zero-order valence-corrected chi connectivity index (χ0v) is 16.6. The van der Waals surface area contributed by atoms with E-state index in [-0.39, 0.29) is 11.5 Å². The predicted octanol–water partition coefficient (Wildman–Crippen LogP) is 2.74. The summed E-state index contributed by atoms with van der Waals surface area (Å²) in [5.41, 5.74) is 3.82.